The number of nitrogens with zero attached hydrogens (tertiary/aromatic N) is 1. The standard InChI is InChI=1S/C15H14N2O3S/c18-14(10-4-5-10)17-13-7-6-12(21-13)15(19)20-9-11-3-1-2-8-16-11/h1-3,6-8,10H,4-5,9H2,(H,17,18). The number of anilines is 1. The van der Waals surface area contributed by atoms with E-state index in [9.17, 15) is 9.59 Å². The van der Waals surface area contributed by atoms with Gasteiger partial charge < -0.3 is 10.1 Å². The number of carbonyl (C=O) groups excluding carboxylic acids is 2. The van der Waals surface area contributed by atoms with Gasteiger partial charge in [-0.2, -0.15) is 0 Å². The van der Waals surface area contributed by atoms with Crippen LogP contribution in [-0.4, -0.2) is 16.9 Å². The lowest BCUT2D eigenvalue weighted by Gasteiger charge is -2.02. The SMILES string of the molecule is O=C(OCc1ccccn1)c1ccc(NC(=O)C2CC2)s1. The Labute approximate surface area is 126 Å². The van der Waals surface area contributed by atoms with Crippen LogP contribution in [-0.2, 0) is 16.1 Å². The molecule has 2 aromatic rings. The number of esters is 1. The van der Waals surface area contributed by atoms with Crippen molar-refractivity contribution in [3.63, 3.8) is 0 Å². The van der Waals surface area contributed by atoms with Gasteiger partial charge in [0.05, 0.1) is 10.7 Å². The van der Waals surface area contributed by atoms with Crippen molar-refractivity contribution in [2.45, 2.75) is 19.4 Å². The second-order valence-electron chi connectivity index (χ2n) is 4.82. The molecule has 1 fully saturated rings. The molecular weight excluding hydrogens is 288 g/mol. The maximum absolute atomic E-state index is 11.9. The van der Waals surface area contributed by atoms with Crippen molar-refractivity contribution in [1.82, 2.24) is 4.98 Å². The van der Waals surface area contributed by atoms with Crippen LogP contribution in [0.5, 0.6) is 0 Å². The first-order valence-corrected chi connectivity index (χ1v) is 7.52. The lowest BCUT2D eigenvalue weighted by molar-refractivity contribution is -0.117. The normalized spacial score (nSPS) is 13.7. The lowest BCUT2D eigenvalue weighted by Crippen LogP contribution is -2.12. The number of pyridine rings is 1. The Balaban J connectivity index is 1.55. The lowest BCUT2D eigenvalue weighted by atomic mass is 10.4. The van der Waals surface area contributed by atoms with Crippen LogP contribution in [0.3, 0.4) is 0 Å². The Morgan fingerprint density at radius 3 is 2.86 bits per heavy atom. The number of aromatic nitrogens is 1. The maximum Gasteiger partial charge on any atom is 0.348 e. The molecule has 3 rings (SSSR count). The van der Waals surface area contributed by atoms with E-state index in [0.717, 1.165) is 12.8 Å². The first-order valence-electron chi connectivity index (χ1n) is 6.70. The molecule has 0 saturated heterocycles. The number of ether oxygens (including phenoxy) is 1. The fourth-order valence-electron chi connectivity index (χ4n) is 1.78. The molecule has 1 amide bonds. The van der Waals surface area contributed by atoms with Gasteiger partial charge in [-0.3, -0.25) is 9.78 Å². The Bertz CT molecular complexity index is 650. The first kappa shape index (κ1) is 13.8. The van der Waals surface area contributed by atoms with Gasteiger partial charge in [-0.1, -0.05) is 6.07 Å². The number of hydrogen-bond donors (Lipinski definition) is 1. The minimum absolute atomic E-state index is 0.0326. The van der Waals surface area contributed by atoms with E-state index in [1.165, 1.54) is 11.3 Å². The molecule has 21 heavy (non-hydrogen) atoms. The molecule has 0 radical (unpaired) electrons. The largest absolute Gasteiger partial charge is 0.455 e. The fourth-order valence-corrected chi connectivity index (χ4v) is 2.58. The minimum atomic E-state index is -0.405. The number of hydrogen-bond acceptors (Lipinski definition) is 5. The molecule has 2 heterocycles. The summed E-state index contributed by atoms with van der Waals surface area (Å²) in [7, 11) is 0. The van der Waals surface area contributed by atoms with Gasteiger partial charge in [0.2, 0.25) is 5.91 Å². The highest BCUT2D eigenvalue weighted by Gasteiger charge is 2.29. The predicted molar refractivity (Wildman–Crippen MR) is 79.0 cm³/mol. The van der Waals surface area contributed by atoms with Gasteiger partial charge in [-0.15, -0.1) is 11.3 Å². The average Bonchev–Trinajstić information content (AvgIpc) is 3.26. The summed E-state index contributed by atoms with van der Waals surface area (Å²) in [6.45, 7) is 0.140. The molecule has 0 aliphatic heterocycles. The summed E-state index contributed by atoms with van der Waals surface area (Å²) in [5, 5.41) is 3.49. The molecule has 0 atom stereocenters. The summed E-state index contributed by atoms with van der Waals surface area (Å²) < 4.78 is 5.19. The molecule has 0 unspecified atom stereocenters. The smallest absolute Gasteiger partial charge is 0.348 e. The third kappa shape index (κ3) is 3.66. The Hall–Kier alpha value is -2.21. The van der Waals surface area contributed by atoms with E-state index < -0.39 is 5.97 Å². The monoisotopic (exact) mass is 302 g/mol. The molecule has 2 aromatic heterocycles. The number of carbonyl (C=O) groups is 2. The van der Waals surface area contributed by atoms with Crippen molar-refractivity contribution in [2.24, 2.45) is 5.92 Å². The summed E-state index contributed by atoms with van der Waals surface area (Å²) in [5.41, 5.74) is 0.699. The summed E-state index contributed by atoms with van der Waals surface area (Å²) in [5.74, 6) is -0.227. The van der Waals surface area contributed by atoms with E-state index in [4.69, 9.17) is 4.74 Å². The topological polar surface area (TPSA) is 68.3 Å². The van der Waals surface area contributed by atoms with Crippen LogP contribution >= 0.6 is 11.3 Å². The van der Waals surface area contributed by atoms with Crippen molar-refractivity contribution in [3.05, 3.63) is 47.1 Å². The highest BCUT2D eigenvalue weighted by molar-refractivity contribution is 7.18. The van der Waals surface area contributed by atoms with E-state index in [2.05, 4.69) is 10.3 Å². The number of amides is 1. The third-order valence-electron chi connectivity index (χ3n) is 3.08. The number of nitrogens with one attached hydrogen (secondary N) is 1. The van der Waals surface area contributed by atoms with Gasteiger partial charge in [-0.05, 0) is 37.1 Å². The summed E-state index contributed by atoms with van der Waals surface area (Å²) in [6, 6.07) is 8.82. The van der Waals surface area contributed by atoms with Crippen molar-refractivity contribution >= 4 is 28.2 Å². The van der Waals surface area contributed by atoms with Crippen molar-refractivity contribution < 1.29 is 14.3 Å². The molecule has 5 nitrogen and oxygen atoms in total. The predicted octanol–water partition coefficient (Wildman–Crippen LogP) is 2.85. The summed E-state index contributed by atoms with van der Waals surface area (Å²) >= 11 is 1.22. The maximum atomic E-state index is 11.9. The Morgan fingerprint density at radius 1 is 1.29 bits per heavy atom. The van der Waals surface area contributed by atoms with Crippen LogP contribution < -0.4 is 5.32 Å². The molecule has 0 spiro atoms. The van der Waals surface area contributed by atoms with E-state index in [-0.39, 0.29) is 18.4 Å². The quantitative estimate of drug-likeness (QED) is 0.862. The highest BCUT2D eigenvalue weighted by Crippen LogP contribution is 2.31. The fraction of sp³-hybridized carbons (Fsp3) is 0.267. The Kier molecular flexibility index (Phi) is 3.96. The molecule has 1 N–H and O–H groups in total. The van der Waals surface area contributed by atoms with Gasteiger partial charge in [0, 0.05) is 12.1 Å². The van der Waals surface area contributed by atoms with Crippen LogP contribution in [0.2, 0.25) is 0 Å². The molecule has 1 saturated carbocycles. The first-order chi connectivity index (χ1) is 10.2. The van der Waals surface area contributed by atoms with Crippen LogP contribution in [0.4, 0.5) is 5.00 Å². The van der Waals surface area contributed by atoms with Gasteiger partial charge in [0.15, 0.2) is 0 Å². The van der Waals surface area contributed by atoms with Gasteiger partial charge in [-0.25, -0.2) is 4.79 Å². The second-order valence-corrected chi connectivity index (χ2v) is 5.91. The Morgan fingerprint density at radius 2 is 2.14 bits per heavy atom. The van der Waals surface area contributed by atoms with Crippen LogP contribution in [0.25, 0.3) is 0 Å². The van der Waals surface area contributed by atoms with E-state index in [0.29, 0.717) is 15.6 Å². The van der Waals surface area contributed by atoms with E-state index >= 15 is 0 Å². The summed E-state index contributed by atoms with van der Waals surface area (Å²) in [4.78, 5) is 28.1. The molecule has 0 aromatic carbocycles. The third-order valence-corrected chi connectivity index (χ3v) is 4.06. The zero-order valence-corrected chi connectivity index (χ0v) is 12.1. The second kappa shape index (κ2) is 6.05. The van der Waals surface area contributed by atoms with Crippen LogP contribution in [0, 0.1) is 5.92 Å². The number of rotatable bonds is 5. The molecular formula is C15H14N2O3S. The summed E-state index contributed by atoms with van der Waals surface area (Å²) in [6.07, 6.45) is 3.56. The molecule has 6 heteroatoms. The van der Waals surface area contributed by atoms with Crippen molar-refractivity contribution in [2.75, 3.05) is 5.32 Å². The van der Waals surface area contributed by atoms with Crippen LogP contribution in [0.1, 0.15) is 28.2 Å². The molecule has 1 aliphatic carbocycles. The molecule has 0 bridgehead atoms. The average molecular weight is 302 g/mol. The zero-order valence-electron chi connectivity index (χ0n) is 11.2. The van der Waals surface area contributed by atoms with E-state index in [1.54, 1.807) is 30.5 Å². The van der Waals surface area contributed by atoms with Gasteiger partial charge in [0.25, 0.3) is 0 Å². The van der Waals surface area contributed by atoms with Crippen LogP contribution in [0.15, 0.2) is 36.5 Å². The minimum Gasteiger partial charge on any atom is -0.455 e. The number of thiophene rings is 1. The van der Waals surface area contributed by atoms with Crippen molar-refractivity contribution in [1.29, 1.82) is 0 Å². The van der Waals surface area contributed by atoms with Gasteiger partial charge in [0.1, 0.15) is 11.5 Å². The molecule has 108 valence electrons. The van der Waals surface area contributed by atoms with Gasteiger partial charge >= 0.3 is 5.97 Å². The molecule has 1 aliphatic rings. The zero-order chi connectivity index (χ0) is 14.7. The van der Waals surface area contributed by atoms with Crippen molar-refractivity contribution in [3.8, 4) is 0 Å². The highest BCUT2D eigenvalue weighted by atomic mass is 32.1. The van der Waals surface area contributed by atoms with E-state index in [1.807, 2.05) is 6.07 Å².